The first-order chi connectivity index (χ1) is 19.2. The molecule has 4 aromatic rings. The largest absolute Gasteiger partial charge is 1.00 e. The van der Waals surface area contributed by atoms with Crippen molar-refractivity contribution in [3.05, 3.63) is 106 Å². The predicted octanol–water partition coefficient (Wildman–Crippen LogP) is 2.56. The summed E-state index contributed by atoms with van der Waals surface area (Å²) in [5.74, 6) is -0.132. The first-order valence-electron chi connectivity index (χ1n) is 12.0. The number of amidine groups is 1. The monoisotopic (exact) mass is 615 g/mol. The molecule has 0 bridgehead atoms. The number of benzene rings is 4. The number of carbonyl (C=O) groups is 2. The van der Waals surface area contributed by atoms with Crippen LogP contribution >= 0.6 is 23.4 Å². The van der Waals surface area contributed by atoms with Crippen LogP contribution in [0.25, 0.3) is 16.8 Å². The second-order valence-electron chi connectivity index (χ2n) is 8.78. The first-order valence-corrected chi connectivity index (χ1v) is 14.6. The summed E-state index contributed by atoms with van der Waals surface area (Å²) >= 11 is 7.03. The molecule has 204 valence electrons. The molecular weight excluding hydrogens is 593 g/mol. The summed E-state index contributed by atoms with van der Waals surface area (Å²) in [5.41, 5.74) is 2.06. The molecule has 12 heteroatoms. The van der Waals surface area contributed by atoms with Gasteiger partial charge < -0.3 is 11.5 Å². The van der Waals surface area contributed by atoms with Gasteiger partial charge in [0.05, 0.1) is 29.0 Å². The number of aliphatic imine (C=N–C) groups is 1. The van der Waals surface area contributed by atoms with Gasteiger partial charge in [0.15, 0.2) is 5.17 Å². The smallest absolute Gasteiger partial charge is 1.00 e. The summed E-state index contributed by atoms with van der Waals surface area (Å²) in [5, 5.41) is 5.66. The van der Waals surface area contributed by atoms with Crippen LogP contribution in [0, 0.1) is 0 Å². The van der Waals surface area contributed by atoms with Crippen molar-refractivity contribution in [1.29, 1.82) is 0 Å². The number of hydrogen-bond donors (Lipinski definition) is 2. The zero-order valence-corrected chi connectivity index (χ0v) is 26.4. The number of fused-ring (bicyclic) bond motifs is 1. The van der Waals surface area contributed by atoms with E-state index in [0.717, 1.165) is 22.1 Å². The Morgan fingerprint density at radius 3 is 2.41 bits per heavy atom. The SMILES string of the molecule is COc1ccc2cc(C=C3SC(=Nc4ccc(CC(=O)NS(=O)(=O)c5ccc(Cl)cc5)cc4)NC3=O)ccc2c1.[H-].[Na+]. The molecule has 8 nitrogen and oxygen atoms in total. The fourth-order valence-electron chi connectivity index (χ4n) is 3.94. The van der Waals surface area contributed by atoms with E-state index in [0.29, 0.717) is 26.3 Å². The fourth-order valence-corrected chi connectivity index (χ4v) is 5.89. The van der Waals surface area contributed by atoms with E-state index in [4.69, 9.17) is 16.3 Å². The molecule has 0 radical (unpaired) electrons. The van der Waals surface area contributed by atoms with Crippen LogP contribution in [0.5, 0.6) is 5.75 Å². The molecule has 1 saturated heterocycles. The number of carbonyl (C=O) groups excluding carboxylic acids is 2. The summed E-state index contributed by atoms with van der Waals surface area (Å²) in [6.45, 7) is 0. The molecule has 1 fully saturated rings. The van der Waals surface area contributed by atoms with Crippen molar-refractivity contribution in [2.45, 2.75) is 11.3 Å². The van der Waals surface area contributed by atoms with E-state index in [1.54, 1.807) is 31.4 Å². The van der Waals surface area contributed by atoms with Gasteiger partial charge in [-0.15, -0.1) is 0 Å². The summed E-state index contributed by atoms with van der Waals surface area (Å²) in [7, 11) is -2.37. The third-order valence-corrected chi connectivity index (χ3v) is 8.47. The molecular formula is C29H23ClN3NaO5S2. The Hall–Kier alpha value is -3.12. The third-order valence-electron chi connectivity index (χ3n) is 5.92. The molecule has 41 heavy (non-hydrogen) atoms. The van der Waals surface area contributed by atoms with Crippen LogP contribution in [0.2, 0.25) is 5.02 Å². The van der Waals surface area contributed by atoms with E-state index in [1.165, 1.54) is 36.0 Å². The minimum atomic E-state index is -4.00. The van der Waals surface area contributed by atoms with Crippen LogP contribution in [0.15, 0.2) is 99.7 Å². The van der Waals surface area contributed by atoms with Gasteiger partial charge in [-0.25, -0.2) is 18.1 Å². The van der Waals surface area contributed by atoms with Gasteiger partial charge in [-0.1, -0.05) is 41.9 Å². The molecule has 1 heterocycles. The van der Waals surface area contributed by atoms with Gasteiger partial charge in [-0.05, 0) is 94.3 Å². The molecule has 2 N–H and O–H groups in total. The molecule has 0 unspecified atom stereocenters. The van der Waals surface area contributed by atoms with Gasteiger partial charge in [0.1, 0.15) is 5.75 Å². The van der Waals surface area contributed by atoms with E-state index in [9.17, 15) is 18.0 Å². The number of thioether (sulfide) groups is 1. The van der Waals surface area contributed by atoms with Gasteiger partial charge in [0.25, 0.3) is 15.9 Å². The van der Waals surface area contributed by atoms with Crippen LogP contribution in [0.3, 0.4) is 0 Å². The Morgan fingerprint density at radius 1 is 1.02 bits per heavy atom. The van der Waals surface area contributed by atoms with Crippen LogP contribution in [-0.2, 0) is 26.0 Å². The summed E-state index contributed by atoms with van der Waals surface area (Å²) in [4.78, 5) is 29.8. The molecule has 0 saturated carbocycles. The van der Waals surface area contributed by atoms with Crippen molar-refractivity contribution in [2.24, 2.45) is 4.99 Å². The van der Waals surface area contributed by atoms with Crippen molar-refractivity contribution >= 4 is 72.9 Å². The topological polar surface area (TPSA) is 114 Å². The summed E-state index contributed by atoms with van der Waals surface area (Å²) in [6, 6.07) is 24.0. The Bertz CT molecular complexity index is 1800. The van der Waals surface area contributed by atoms with Gasteiger partial charge in [-0.2, -0.15) is 0 Å². The molecule has 0 atom stereocenters. The summed E-state index contributed by atoms with van der Waals surface area (Å²) in [6.07, 6.45) is 1.67. The van der Waals surface area contributed by atoms with Crippen LogP contribution in [0.1, 0.15) is 12.6 Å². The van der Waals surface area contributed by atoms with Gasteiger partial charge in [0, 0.05) is 5.02 Å². The van der Waals surface area contributed by atoms with Crippen LogP contribution in [0.4, 0.5) is 5.69 Å². The van der Waals surface area contributed by atoms with E-state index in [-0.39, 0.29) is 48.2 Å². The van der Waals surface area contributed by atoms with E-state index >= 15 is 0 Å². The standard InChI is InChI=1S/C29H22ClN3O5S2.Na.H/c1-38-24-11-6-20-14-19(2-5-21(20)17-24)15-26-28(35)32-29(39-26)31-23-9-3-18(4-10-23)16-27(34)33-40(36,37)25-12-7-22(30)8-13-25;;/h2-15,17H,16H2,1H3,(H,33,34)(H,31,32,35);;/q;+1;-1. The molecule has 0 spiro atoms. The van der Waals surface area contributed by atoms with E-state index in [1.807, 2.05) is 42.5 Å². The third kappa shape index (κ3) is 7.79. The first kappa shape index (κ1) is 30.8. The van der Waals surface area contributed by atoms with Crippen molar-refractivity contribution in [3.63, 3.8) is 0 Å². The fraction of sp³-hybridized carbons (Fsp3) is 0.0690. The van der Waals surface area contributed by atoms with Crippen molar-refractivity contribution < 1.29 is 53.7 Å². The number of nitrogens with zero attached hydrogens (tertiary/aromatic N) is 1. The number of rotatable bonds is 7. The number of ether oxygens (including phenoxy) is 1. The molecule has 0 aromatic heterocycles. The predicted molar refractivity (Wildman–Crippen MR) is 159 cm³/mol. The number of halogens is 1. The average Bonchev–Trinajstić information content (AvgIpc) is 3.27. The molecule has 1 aliphatic rings. The molecule has 1 aliphatic heterocycles. The second-order valence-corrected chi connectivity index (χ2v) is 11.9. The zero-order chi connectivity index (χ0) is 28.3. The van der Waals surface area contributed by atoms with Crippen molar-refractivity contribution in [1.82, 2.24) is 10.0 Å². The number of hydrogen-bond acceptors (Lipinski definition) is 7. The Kier molecular flexibility index (Phi) is 9.96. The van der Waals surface area contributed by atoms with Crippen LogP contribution < -0.4 is 44.3 Å². The maximum absolute atomic E-state index is 12.5. The molecule has 0 aliphatic carbocycles. The summed E-state index contributed by atoms with van der Waals surface area (Å²) < 4.78 is 32.1. The molecule has 4 aromatic carbocycles. The minimum Gasteiger partial charge on any atom is -1.00 e. The molecule has 2 amide bonds. The maximum Gasteiger partial charge on any atom is 1.00 e. The Labute approximate surface area is 270 Å². The second kappa shape index (κ2) is 13.2. The van der Waals surface area contributed by atoms with Crippen molar-refractivity contribution in [2.75, 3.05) is 7.11 Å². The van der Waals surface area contributed by atoms with Gasteiger partial charge in [0.2, 0.25) is 5.91 Å². The minimum absolute atomic E-state index is 0. The van der Waals surface area contributed by atoms with E-state index < -0.39 is 15.9 Å². The van der Waals surface area contributed by atoms with Gasteiger partial charge in [-0.3, -0.25) is 9.59 Å². The number of sulfonamides is 1. The number of methoxy groups -OCH3 is 1. The number of nitrogens with one attached hydrogen (secondary N) is 2. The van der Waals surface area contributed by atoms with Crippen molar-refractivity contribution in [3.8, 4) is 5.75 Å². The zero-order valence-electron chi connectivity index (χ0n) is 23.1. The molecule has 5 rings (SSSR count). The maximum atomic E-state index is 12.5. The normalized spacial score (nSPS) is 15.0. The average molecular weight is 616 g/mol. The van der Waals surface area contributed by atoms with Crippen LogP contribution in [-0.4, -0.2) is 32.5 Å². The quantitative estimate of drug-likeness (QED) is 0.244. The Morgan fingerprint density at radius 2 is 1.71 bits per heavy atom. The van der Waals surface area contributed by atoms with E-state index in [2.05, 4.69) is 15.0 Å². The van der Waals surface area contributed by atoms with Gasteiger partial charge >= 0.3 is 29.6 Å². The number of amides is 2. The Balaban J connectivity index is 0.00000242.